The molecule has 7 heteroatoms. The maximum absolute atomic E-state index is 11.9. The Labute approximate surface area is 150 Å². The Kier molecular flexibility index (Phi) is 5.02. The molecule has 3 rings (SSSR count). The van der Waals surface area contributed by atoms with Crippen molar-refractivity contribution in [1.82, 2.24) is 4.98 Å². The molecule has 0 unspecified atom stereocenters. The Bertz CT molecular complexity index is 807. The monoisotopic (exact) mass is 362 g/mol. The summed E-state index contributed by atoms with van der Waals surface area (Å²) < 4.78 is 0. The molecule has 1 aliphatic rings. The first-order valence-corrected chi connectivity index (χ1v) is 8.32. The summed E-state index contributed by atoms with van der Waals surface area (Å²) in [5.41, 5.74) is 5.42. The third-order valence-electron chi connectivity index (χ3n) is 3.79. The molecule has 1 aliphatic heterocycles. The fourth-order valence-electron chi connectivity index (χ4n) is 2.52. The van der Waals surface area contributed by atoms with Gasteiger partial charge in [0.15, 0.2) is 5.82 Å². The number of nitrogens with one attached hydrogen (secondary N) is 1. The predicted octanol–water partition coefficient (Wildman–Crippen LogP) is 4.35. The highest BCUT2D eigenvalue weighted by Crippen LogP contribution is 2.24. The fraction of sp³-hybridized carbons (Fsp3) is 0.235. The van der Waals surface area contributed by atoms with E-state index in [1.165, 1.54) is 6.20 Å². The van der Waals surface area contributed by atoms with Gasteiger partial charge in [0, 0.05) is 24.8 Å². The van der Waals surface area contributed by atoms with Gasteiger partial charge in [0.05, 0.1) is 15.8 Å². The number of halogens is 2. The van der Waals surface area contributed by atoms with Crippen LogP contribution in [0.5, 0.6) is 0 Å². The molecule has 2 heterocycles. The Hall–Kier alpha value is -2.11. The van der Waals surface area contributed by atoms with Gasteiger partial charge in [-0.15, -0.1) is 0 Å². The molecule has 1 saturated heterocycles. The second-order valence-corrected chi connectivity index (χ2v) is 6.34. The van der Waals surface area contributed by atoms with E-state index in [1.54, 1.807) is 6.07 Å². The first-order valence-electron chi connectivity index (χ1n) is 7.57. The molecule has 24 heavy (non-hydrogen) atoms. The van der Waals surface area contributed by atoms with Crippen LogP contribution in [0, 0.1) is 0 Å². The quantitative estimate of drug-likeness (QED) is 0.649. The number of amides is 1. The number of anilines is 2. The van der Waals surface area contributed by atoms with Gasteiger partial charge < -0.3 is 4.90 Å². The van der Waals surface area contributed by atoms with Gasteiger partial charge in [0.2, 0.25) is 5.91 Å². The highest BCUT2D eigenvalue weighted by Gasteiger charge is 2.21. The van der Waals surface area contributed by atoms with E-state index in [9.17, 15) is 4.79 Å². The molecule has 0 spiro atoms. The maximum atomic E-state index is 11.9. The van der Waals surface area contributed by atoms with Crippen LogP contribution in [0.15, 0.2) is 41.6 Å². The van der Waals surface area contributed by atoms with Gasteiger partial charge in [-0.3, -0.25) is 10.2 Å². The minimum atomic E-state index is 0.164. The van der Waals surface area contributed by atoms with E-state index in [4.69, 9.17) is 23.2 Å². The van der Waals surface area contributed by atoms with Crippen LogP contribution in [0.4, 0.5) is 11.5 Å². The molecule has 1 amide bonds. The van der Waals surface area contributed by atoms with E-state index in [0.717, 1.165) is 29.9 Å². The molecule has 0 saturated carbocycles. The first kappa shape index (κ1) is 16.7. The predicted molar refractivity (Wildman–Crippen MR) is 98.1 cm³/mol. The van der Waals surface area contributed by atoms with Crippen molar-refractivity contribution in [2.45, 2.75) is 19.8 Å². The lowest BCUT2D eigenvalue weighted by Gasteiger charge is -2.16. The molecule has 0 bridgehead atoms. The van der Waals surface area contributed by atoms with Crippen molar-refractivity contribution >= 4 is 46.3 Å². The molecule has 1 aromatic carbocycles. The first-order chi connectivity index (χ1) is 11.5. The van der Waals surface area contributed by atoms with Crippen molar-refractivity contribution < 1.29 is 4.79 Å². The van der Waals surface area contributed by atoms with Crippen molar-refractivity contribution in [2.75, 3.05) is 16.9 Å². The van der Waals surface area contributed by atoms with Gasteiger partial charge in [-0.1, -0.05) is 35.3 Å². The van der Waals surface area contributed by atoms with Crippen molar-refractivity contribution in [3.63, 3.8) is 0 Å². The summed E-state index contributed by atoms with van der Waals surface area (Å²) in [6, 6.07) is 9.36. The zero-order valence-electron chi connectivity index (χ0n) is 13.1. The van der Waals surface area contributed by atoms with Crippen LogP contribution in [-0.4, -0.2) is 23.1 Å². The normalized spacial score (nSPS) is 15.0. The summed E-state index contributed by atoms with van der Waals surface area (Å²) in [6.07, 6.45) is 3.01. The summed E-state index contributed by atoms with van der Waals surface area (Å²) in [5.74, 6) is 0.600. The number of carbonyl (C=O) groups is 1. The number of pyridine rings is 1. The Balaban J connectivity index is 1.79. The van der Waals surface area contributed by atoms with Crippen molar-refractivity contribution in [3.05, 3.63) is 52.1 Å². The maximum Gasteiger partial charge on any atom is 0.227 e. The molecular formula is C17H16Cl2N4O. The van der Waals surface area contributed by atoms with Gasteiger partial charge >= 0.3 is 0 Å². The van der Waals surface area contributed by atoms with Crippen molar-refractivity contribution in [1.29, 1.82) is 0 Å². The summed E-state index contributed by atoms with van der Waals surface area (Å²) in [7, 11) is 0. The number of benzene rings is 1. The Morgan fingerprint density at radius 1 is 1.33 bits per heavy atom. The van der Waals surface area contributed by atoms with Gasteiger partial charge in [-0.2, -0.15) is 5.10 Å². The van der Waals surface area contributed by atoms with Gasteiger partial charge in [-0.25, -0.2) is 4.98 Å². The average molecular weight is 363 g/mol. The number of aromatic nitrogens is 1. The number of hydrazone groups is 1. The van der Waals surface area contributed by atoms with E-state index in [2.05, 4.69) is 15.5 Å². The third-order valence-corrected chi connectivity index (χ3v) is 4.28. The molecule has 1 fully saturated rings. The average Bonchev–Trinajstić information content (AvgIpc) is 3.00. The molecule has 0 radical (unpaired) electrons. The molecule has 1 aromatic heterocycles. The number of hydrogen-bond donors (Lipinski definition) is 1. The number of nitrogens with zero attached hydrogens (tertiary/aromatic N) is 3. The minimum absolute atomic E-state index is 0.164. The van der Waals surface area contributed by atoms with Crippen LogP contribution in [0.25, 0.3) is 0 Å². The second-order valence-electron chi connectivity index (χ2n) is 5.49. The molecule has 0 aliphatic carbocycles. The van der Waals surface area contributed by atoms with Crippen LogP contribution < -0.4 is 10.3 Å². The standard InChI is InChI=1S/C17H16Cl2N4O/c1-11(21-22-17-15(19)9-13(18)10-20-17)12-4-2-5-14(8-12)23-7-3-6-16(23)24/h2,4-5,8-10H,3,6-7H2,1H3,(H,20,22)/b21-11-. The summed E-state index contributed by atoms with van der Waals surface area (Å²) in [4.78, 5) is 17.8. The molecule has 0 atom stereocenters. The van der Waals surface area contributed by atoms with Crippen LogP contribution in [0.1, 0.15) is 25.3 Å². The van der Waals surface area contributed by atoms with E-state index < -0.39 is 0 Å². The molecular weight excluding hydrogens is 347 g/mol. The number of rotatable bonds is 4. The SMILES string of the molecule is C/C(=N/Nc1ncc(Cl)cc1Cl)c1cccc(N2CCCC2=O)c1. The van der Waals surface area contributed by atoms with Crippen LogP contribution in [-0.2, 0) is 4.79 Å². The van der Waals surface area contributed by atoms with Crippen LogP contribution in [0.3, 0.4) is 0 Å². The van der Waals surface area contributed by atoms with E-state index >= 15 is 0 Å². The molecule has 124 valence electrons. The molecule has 5 nitrogen and oxygen atoms in total. The summed E-state index contributed by atoms with van der Waals surface area (Å²) >= 11 is 11.9. The number of carbonyl (C=O) groups excluding carboxylic acids is 1. The zero-order chi connectivity index (χ0) is 17.1. The number of hydrogen-bond acceptors (Lipinski definition) is 4. The highest BCUT2D eigenvalue weighted by atomic mass is 35.5. The van der Waals surface area contributed by atoms with Crippen LogP contribution in [0.2, 0.25) is 10.0 Å². The lowest BCUT2D eigenvalue weighted by molar-refractivity contribution is -0.117. The Morgan fingerprint density at radius 2 is 2.17 bits per heavy atom. The summed E-state index contributed by atoms with van der Waals surface area (Å²) in [5, 5.41) is 5.18. The largest absolute Gasteiger partial charge is 0.312 e. The van der Waals surface area contributed by atoms with Crippen molar-refractivity contribution in [3.8, 4) is 0 Å². The fourth-order valence-corrected chi connectivity index (χ4v) is 2.94. The van der Waals surface area contributed by atoms with Crippen LogP contribution >= 0.6 is 23.2 Å². The second kappa shape index (κ2) is 7.20. The van der Waals surface area contributed by atoms with Crippen molar-refractivity contribution in [2.24, 2.45) is 5.10 Å². The van der Waals surface area contributed by atoms with E-state index in [-0.39, 0.29) is 5.91 Å². The lowest BCUT2D eigenvalue weighted by atomic mass is 10.1. The highest BCUT2D eigenvalue weighted by molar-refractivity contribution is 6.35. The van der Waals surface area contributed by atoms with Gasteiger partial charge in [0.25, 0.3) is 0 Å². The molecule has 1 N–H and O–H groups in total. The van der Waals surface area contributed by atoms with Gasteiger partial charge in [0.1, 0.15) is 0 Å². The Morgan fingerprint density at radius 3 is 2.88 bits per heavy atom. The summed E-state index contributed by atoms with van der Waals surface area (Å²) in [6.45, 7) is 2.64. The zero-order valence-corrected chi connectivity index (χ0v) is 14.6. The van der Waals surface area contributed by atoms with E-state index in [0.29, 0.717) is 22.3 Å². The molecule has 2 aromatic rings. The van der Waals surface area contributed by atoms with Gasteiger partial charge in [-0.05, 0) is 37.1 Å². The lowest BCUT2D eigenvalue weighted by Crippen LogP contribution is -2.23. The third kappa shape index (κ3) is 3.68. The smallest absolute Gasteiger partial charge is 0.227 e. The topological polar surface area (TPSA) is 57.6 Å². The van der Waals surface area contributed by atoms with E-state index in [1.807, 2.05) is 36.1 Å². The minimum Gasteiger partial charge on any atom is -0.312 e.